The summed E-state index contributed by atoms with van der Waals surface area (Å²) in [6, 6.07) is 14.5. The van der Waals surface area contributed by atoms with Crippen LogP contribution in [-0.2, 0) is 0 Å². The Kier molecular flexibility index (Phi) is 1.68. The summed E-state index contributed by atoms with van der Waals surface area (Å²) >= 11 is 0. The van der Waals surface area contributed by atoms with E-state index in [0.717, 1.165) is 16.9 Å². The van der Waals surface area contributed by atoms with Crippen LogP contribution in [0.15, 0.2) is 52.7 Å². The molecule has 0 unspecified atom stereocenters. The molecule has 0 spiro atoms. The van der Waals surface area contributed by atoms with Gasteiger partial charge in [-0.1, -0.05) is 29.8 Å². The van der Waals surface area contributed by atoms with Crippen molar-refractivity contribution in [3.05, 3.63) is 48.0 Å². The van der Waals surface area contributed by atoms with E-state index < -0.39 is 0 Å². The highest BCUT2D eigenvalue weighted by atomic mass is 15.1. The zero-order valence-corrected chi connectivity index (χ0v) is 8.44. The second kappa shape index (κ2) is 3.02. The smallest absolute Gasteiger partial charge is 0.0957 e. The summed E-state index contributed by atoms with van der Waals surface area (Å²) in [7, 11) is 0. The van der Waals surface area contributed by atoms with Gasteiger partial charge < -0.3 is 0 Å². The van der Waals surface area contributed by atoms with Gasteiger partial charge >= 0.3 is 0 Å². The largest absolute Gasteiger partial charge is 0.150 e. The summed E-state index contributed by atoms with van der Waals surface area (Å²) < 4.78 is 0. The molecular formula is C13H10N2. The van der Waals surface area contributed by atoms with Crippen molar-refractivity contribution in [1.82, 2.24) is 0 Å². The molecule has 0 amide bonds. The molecule has 0 fully saturated rings. The highest BCUT2D eigenvalue weighted by Crippen LogP contribution is 2.38. The molecule has 3 rings (SSSR count). The highest BCUT2D eigenvalue weighted by Gasteiger charge is 2.09. The van der Waals surface area contributed by atoms with Crippen molar-refractivity contribution in [1.29, 1.82) is 0 Å². The van der Waals surface area contributed by atoms with Crippen LogP contribution in [0, 0.1) is 6.92 Å². The molecule has 0 aromatic heterocycles. The highest BCUT2D eigenvalue weighted by molar-refractivity contribution is 5.79. The number of azo groups is 1. The average Bonchev–Trinajstić information content (AvgIpc) is 2.63. The van der Waals surface area contributed by atoms with E-state index in [1.54, 1.807) is 0 Å². The Morgan fingerprint density at radius 2 is 1.67 bits per heavy atom. The van der Waals surface area contributed by atoms with Crippen molar-refractivity contribution in [2.24, 2.45) is 10.2 Å². The monoisotopic (exact) mass is 194 g/mol. The van der Waals surface area contributed by atoms with Gasteiger partial charge in [-0.3, -0.25) is 0 Å². The maximum atomic E-state index is 4.13. The second-order valence-electron chi connectivity index (χ2n) is 3.77. The minimum atomic E-state index is 0.945. The van der Waals surface area contributed by atoms with Gasteiger partial charge in [0.05, 0.1) is 11.4 Å². The van der Waals surface area contributed by atoms with Gasteiger partial charge in [-0.05, 0) is 30.7 Å². The third-order valence-corrected chi connectivity index (χ3v) is 2.62. The molecule has 0 saturated heterocycles. The van der Waals surface area contributed by atoms with Crippen molar-refractivity contribution >= 4 is 11.4 Å². The van der Waals surface area contributed by atoms with Crippen molar-refractivity contribution in [2.45, 2.75) is 6.92 Å². The minimum Gasteiger partial charge on any atom is -0.150 e. The first-order chi connectivity index (χ1) is 7.33. The Balaban J connectivity index is 2.15. The Morgan fingerprint density at radius 1 is 0.867 bits per heavy atom. The lowest BCUT2D eigenvalue weighted by molar-refractivity contribution is 1.31. The van der Waals surface area contributed by atoms with E-state index in [1.807, 2.05) is 12.1 Å². The van der Waals surface area contributed by atoms with Crippen LogP contribution in [0.25, 0.3) is 11.1 Å². The Labute approximate surface area is 88.3 Å². The molecule has 72 valence electrons. The molecule has 15 heavy (non-hydrogen) atoms. The van der Waals surface area contributed by atoms with Crippen LogP contribution in [-0.4, -0.2) is 0 Å². The van der Waals surface area contributed by atoms with Crippen LogP contribution in [0.3, 0.4) is 0 Å². The van der Waals surface area contributed by atoms with E-state index in [2.05, 4.69) is 47.5 Å². The molecule has 2 aromatic carbocycles. The quantitative estimate of drug-likeness (QED) is 0.548. The zero-order chi connectivity index (χ0) is 10.3. The number of benzene rings is 2. The van der Waals surface area contributed by atoms with Gasteiger partial charge in [-0.2, -0.15) is 5.11 Å². The normalized spacial score (nSPS) is 12.1. The van der Waals surface area contributed by atoms with E-state index >= 15 is 0 Å². The van der Waals surface area contributed by atoms with Crippen LogP contribution < -0.4 is 0 Å². The van der Waals surface area contributed by atoms with E-state index in [-0.39, 0.29) is 0 Å². The number of hydrogen-bond donors (Lipinski definition) is 0. The molecule has 2 aromatic rings. The van der Waals surface area contributed by atoms with Crippen molar-refractivity contribution in [2.75, 3.05) is 0 Å². The van der Waals surface area contributed by atoms with Gasteiger partial charge in [0, 0.05) is 5.56 Å². The SMILES string of the molecule is Cc1ccc(-c2ccc3cc2N=N3)cc1. The van der Waals surface area contributed by atoms with Crippen LogP contribution in [0.5, 0.6) is 0 Å². The van der Waals surface area contributed by atoms with E-state index in [0.29, 0.717) is 0 Å². The van der Waals surface area contributed by atoms with Crippen molar-refractivity contribution in [3.63, 3.8) is 0 Å². The number of nitrogens with zero attached hydrogens (tertiary/aromatic N) is 2. The molecule has 0 radical (unpaired) electrons. The Morgan fingerprint density at radius 3 is 2.47 bits per heavy atom. The number of aryl methyl sites for hydroxylation is 1. The molecule has 1 heterocycles. The summed E-state index contributed by atoms with van der Waals surface area (Å²) in [6.07, 6.45) is 0. The molecule has 0 saturated carbocycles. The van der Waals surface area contributed by atoms with Crippen molar-refractivity contribution in [3.8, 4) is 11.1 Å². The summed E-state index contributed by atoms with van der Waals surface area (Å²) in [5.74, 6) is 0. The summed E-state index contributed by atoms with van der Waals surface area (Å²) in [5, 5.41) is 8.16. The van der Waals surface area contributed by atoms with Gasteiger partial charge in [0.15, 0.2) is 0 Å². The fourth-order valence-electron chi connectivity index (χ4n) is 1.75. The molecule has 1 aliphatic rings. The van der Waals surface area contributed by atoms with Gasteiger partial charge in [-0.15, -0.1) is 5.11 Å². The first kappa shape index (κ1) is 8.36. The molecule has 2 heteroatoms. The molecule has 0 aliphatic carbocycles. The number of rotatable bonds is 1. The predicted octanol–water partition coefficient (Wildman–Crippen LogP) is 4.39. The minimum absolute atomic E-state index is 0.945. The van der Waals surface area contributed by atoms with Crippen LogP contribution in [0.2, 0.25) is 0 Å². The molecule has 2 nitrogen and oxygen atoms in total. The lowest BCUT2D eigenvalue weighted by Gasteiger charge is -2.02. The summed E-state index contributed by atoms with van der Waals surface area (Å²) in [6.45, 7) is 2.09. The maximum Gasteiger partial charge on any atom is 0.0957 e. The van der Waals surface area contributed by atoms with Gasteiger partial charge in [0.25, 0.3) is 0 Å². The maximum absolute atomic E-state index is 4.13. The first-order valence-electron chi connectivity index (χ1n) is 4.96. The Bertz CT molecular complexity index is 539. The molecular weight excluding hydrogens is 184 g/mol. The van der Waals surface area contributed by atoms with Crippen LogP contribution in [0.1, 0.15) is 5.56 Å². The molecule has 1 aliphatic heterocycles. The topological polar surface area (TPSA) is 24.7 Å². The van der Waals surface area contributed by atoms with Gasteiger partial charge in [0.2, 0.25) is 0 Å². The Hall–Kier alpha value is -1.96. The average molecular weight is 194 g/mol. The standard InChI is InChI=1S/C13H10N2/c1-9-2-4-10(5-3-9)12-7-6-11-8-13(12)15-14-11/h2-8H,1H3. The van der Waals surface area contributed by atoms with Crippen molar-refractivity contribution < 1.29 is 0 Å². The fraction of sp³-hybridized carbons (Fsp3) is 0.0769. The van der Waals surface area contributed by atoms with Gasteiger partial charge in [-0.25, -0.2) is 0 Å². The van der Waals surface area contributed by atoms with E-state index in [4.69, 9.17) is 0 Å². The third-order valence-electron chi connectivity index (χ3n) is 2.62. The van der Waals surface area contributed by atoms with Crippen LogP contribution >= 0.6 is 0 Å². The lowest BCUT2D eigenvalue weighted by Crippen LogP contribution is -1.77. The molecule has 0 atom stereocenters. The lowest BCUT2D eigenvalue weighted by atomic mass is 10.0. The first-order valence-corrected chi connectivity index (χ1v) is 4.96. The van der Waals surface area contributed by atoms with E-state index in [9.17, 15) is 0 Å². The van der Waals surface area contributed by atoms with E-state index in [1.165, 1.54) is 11.1 Å². The zero-order valence-electron chi connectivity index (χ0n) is 8.44. The fourth-order valence-corrected chi connectivity index (χ4v) is 1.75. The molecule has 2 bridgehead atoms. The summed E-state index contributed by atoms with van der Waals surface area (Å²) in [4.78, 5) is 0. The number of hydrogen-bond acceptors (Lipinski definition) is 2. The second-order valence-corrected chi connectivity index (χ2v) is 3.77. The predicted molar refractivity (Wildman–Crippen MR) is 60.8 cm³/mol. The van der Waals surface area contributed by atoms with Gasteiger partial charge in [0.1, 0.15) is 0 Å². The van der Waals surface area contributed by atoms with Crippen LogP contribution in [0.4, 0.5) is 11.4 Å². The third kappa shape index (κ3) is 1.34. The number of fused-ring (bicyclic) bond motifs is 2. The molecule has 0 N–H and O–H groups in total. The summed E-state index contributed by atoms with van der Waals surface area (Å²) in [5.41, 5.74) is 5.54.